The van der Waals surface area contributed by atoms with E-state index in [1.807, 2.05) is 30.3 Å². The van der Waals surface area contributed by atoms with Crippen molar-refractivity contribution in [1.82, 2.24) is 4.98 Å². The first kappa shape index (κ1) is 13.5. The van der Waals surface area contributed by atoms with Gasteiger partial charge in [-0.2, -0.15) is 0 Å². The summed E-state index contributed by atoms with van der Waals surface area (Å²) in [4.78, 5) is 26.4. The summed E-state index contributed by atoms with van der Waals surface area (Å²) in [5.41, 5.74) is 6.57. The molecule has 0 bridgehead atoms. The van der Waals surface area contributed by atoms with Gasteiger partial charge in [0.2, 0.25) is 5.91 Å². The van der Waals surface area contributed by atoms with Crippen LogP contribution < -0.4 is 11.1 Å². The highest BCUT2D eigenvalue weighted by Crippen LogP contribution is 2.09. The van der Waals surface area contributed by atoms with E-state index in [9.17, 15) is 9.59 Å². The van der Waals surface area contributed by atoms with E-state index in [-0.39, 0.29) is 12.2 Å². The van der Waals surface area contributed by atoms with Crippen molar-refractivity contribution in [3.63, 3.8) is 0 Å². The number of ether oxygens (including phenoxy) is 1. The number of pyridine rings is 1. The van der Waals surface area contributed by atoms with Gasteiger partial charge in [0.25, 0.3) is 0 Å². The van der Waals surface area contributed by atoms with Crippen LogP contribution in [0.25, 0.3) is 0 Å². The van der Waals surface area contributed by atoms with Gasteiger partial charge in [-0.05, 0) is 11.6 Å². The summed E-state index contributed by atoms with van der Waals surface area (Å²) in [6.45, 7) is 0.162. The maximum atomic E-state index is 11.6. The molecule has 0 saturated carbocycles. The lowest BCUT2D eigenvalue weighted by Crippen LogP contribution is -2.15. The van der Waals surface area contributed by atoms with Crippen LogP contribution in [0.3, 0.4) is 0 Å². The van der Waals surface area contributed by atoms with Gasteiger partial charge >= 0.3 is 6.09 Å². The van der Waals surface area contributed by atoms with E-state index in [4.69, 9.17) is 10.5 Å². The highest BCUT2D eigenvalue weighted by Gasteiger charge is 2.06. The van der Waals surface area contributed by atoms with Gasteiger partial charge < -0.3 is 10.5 Å². The Morgan fingerprint density at radius 1 is 1.20 bits per heavy atom. The van der Waals surface area contributed by atoms with Gasteiger partial charge in [0.15, 0.2) is 0 Å². The third kappa shape index (κ3) is 3.81. The summed E-state index contributed by atoms with van der Waals surface area (Å²) in [7, 11) is 0. The van der Waals surface area contributed by atoms with Crippen molar-refractivity contribution in [2.24, 2.45) is 5.73 Å². The molecule has 1 aromatic heterocycles. The van der Waals surface area contributed by atoms with Gasteiger partial charge in [0, 0.05) is 6.20 Å². The van der Waals surface area contributed by atoms with Crippen molar-refractivity contribution >= 4 is 17.7 Å². The molecule has 102 valence electrons. The molecular formula is C14H13N3O3. The number of carbonyl (C=O) groups excluding carboxylic acids is 2. The molecule has 0 aliphatic rings. The smallest absolute Gasteiger partial charge is 0.412 e. The van der Waals surface area contributed by atoms with Crippen LogP contribution >= 0.6 is 0 Å². The lowest BCUT2D eigenvalue weighted by Gasteiger charge is -2.07. The van der Waals surface area contributed by atoms with Gasteiger partial charge in [-0.15, -0.1) is 0 Å². The zero-order valence-electron chi connectivity index (χ0n) is 10.6. The van der Waals surface area contributed by atoms with Crippen LogP contribution in [-0.4, -0.2) is 17.0 Å². The molecular weight excluding hydrogens is 258 g/mol. The maximum Gasteiger partial charge on any atom is 0.412 e. The molecule has 0 atom stereocenters. The number of nitrogens with two attached hydrogens (primary N) is 1. The average Bonchev–Trinajstić information content (AvgIpc) is 2.46. The molecule has 0 saturated heterocycles. The van der Waals surface area contributed by atoms with E-state index in [1.165, 1.54) is 18.5 Å². The van der Waals surface area contributed by atoms with Crippen molar-refractivity contribution < 1.29 is 14.3 Å². The van der Waals surface area contributed by atoms with Crippen LogP contribution in [0.2, 0.25) is 0 Å². The highest BCUT2D eigenvalue weighted by atomic mass is 16.5. The Bertz CT molecular complexity index is 614. The van der Waals surface area contributed by atoms with Gasteiger partial charge in [-0.1, -0.05) is 30.3 Å². The number of primary amides is 1. The molecule has 2 aromatic rings. The molecule has 3 N–H and O–H groups in total. The zero-order chi connectivity index (χ0) is 14.4. The quantitative estimate of drug-likeness (QED) is 0.888. The van der Waals surface area contributed by atoms with E-state index in [2.05, 4.69) is 10.3 Å². The molecule has 2 amide bonds. The number of benzene rings is 1. The number of hydrogen-bond acceptors (Lipinski definition) is 4. The monoisotopic (exact) mass is 271 g/mol. The Morgan fingerprint density at radius 2 is 1.95 bits per heavy atom. The van der Waals surface area contributed by atoms with Gasteiger partial charge in [-0.3, -0.25) is 15.1 Å². The lowest BCUT2D eigenvalue weighted by atomic mass is 10.2. The molecule has 6 heteroatoms. The van der Waals surface area contributed by atoms with Gasteiger partial charge in [-0.25, -0.2) is 4.79 Å². The lowest BCUT2D eigenvalue weighted by molar-refractivity contribution is 0.1000. The van der Waals surface area contributed by atoms with E-state index in [0.29, 0.717) is 5.69 Å². The number of hydrogen-bond donors (Lipinski definition) is 2. The van der Waals surface area contributed by atoms with E-state index in [0.717, 1.165) is 5.56 Å². The molecule has 0 aliphatic heterocycles. The van der Waals surface area contributed by atoms with E-state index >= 15 is 0 Å². The summed E-state index contributed by atoms with van der Waals surface area (Å²) < 4.78 is 5.04. The number of carbonyl (C=O) groups is 2. The Labute approximate surface area is 115 Å². The zero-order valence-corrected chi connectivity index (χ0v) is 10.6. The molecule has 6 nitrogen and oxygen atoms in total. The fourth-order valence-electron chi connectivity index (χ4n) is 1.52. The molecule has 0 aliphatic carbocycles. The molecule has 1 heterocycles. The summed E-state index contributed by atoms with van der Waals surface area (Å²) in [5, 5.41) is 2.48. The Morgan fingerprint density at radius 3 is 2.65 bits per heavy atom. The fourth-order valence-corrected chi connectivity index (χ4v) is 1.52. The average molecular weight is 271 g/mol. The molecule has 0 radical (unpaired) electrons. The first-order valence-electron chi connectivity index (χ1n) is 5.88. The first-order chi connectivity index (χ1) is 9.65. The normalized spacial score (nSPS) is 9.80. The Balaban J connectivity index is 1.91. The minimum atomic E-state index is -0.628. The highest BCUT2D eigenvalue weighted by molar-refractivity contribution is 5.94. The molecule has 1 aromatic carbocycles. The second kappa shape index (κ2) is 6.33. The Kier molecular flexibility index (Phi) is 4.28. The van der Waals surface area contributed by atoms with Gasteiger partial charge in [0.05, 0.1) is 17.4 Å². The third-order valence-electron chi connectivity index (χ3n) is 2.48. The second-order valence-corrected chi connectivity index (χ2v) is 4.01. The minimum absolute atomic E-state index is 0.162. The number of nitrogens with one attached hydrogen (secondary N) is 1. The van der Waals surface area contributed by atoms with Crippen LogP contribution in [0.1, 0.15) is 15.9 Å². The van der Waals surface area contributed by atoms with E-state index in [1.54, 1.807) is 0 Å². The van der Waals surface area contributed by atoms with Crippen LogP contribution in [-0.2, 0) is 11.3 Å². The standard InChI is InChI=1S/C14H13N3O3/c15-13(18)11-6-12(8-16-7-11)17-14(19)20-9-10-4-2-1-3-5-10/h1-8H,9H2,(H2,15,18)(H,17,19). The van der Waals surface area contributed by atoms with Crippen LogP contribution in [0.4, 0.5) is 10.5 Å². The van der Waals surface area contributed by atoms with Gasteiger partial charge in [0.1, 0.15) is 6.61 Å². The van der Waals surface area contributed by atoms with Crippen LogP contribution in [0, 0.1) is 0 Å². The fraction of sp³-hybridized carbons (Fsp3) is 0.0714. The van der Waals surface area contributed by atoms with Crippen molar-refractivity contribution in [2.45, 2.75) is 6.61 Å². The summed E-state index contributed by atoms with van der Waals surface area (Å²) in [6, 6.07) is 10.7. The van der Waals surface area contributed by atoms with Crippen molar-refractivity contribution in [3.8, 4) is 0 Å². The second-order valence-electron chi connectivity index (χ2n) is 4.01. The molecule has 0 spiro atoms. The minimum Gasteiger partial charge on any atom is -0.444 e. The van der Waals surface area contributed by atoms with Crippen molar-refractivity contribution in [3.05, 3.63) is 59.9 Å². The summed E-state index contributed by atoms with van der Waals surface area (Å²) in [5.74, 6) is -0.612. The molecule has 20 heavy (non-hydrogen) atoms. The Hall–Kier alpha value is -2.89. The predicted molar refractivity (Wildman–Crippen MR) is 73.0 cm³/mol. The molecule has 2 rings (SSSR count). The third-order valence-corrected chi connectivity index (χ3v) is 2.48. The number of amides is 2. The predicted octanol–water partition coefficient (Wildman–Crippen LogP) is 1.93. The topological polar surface area (TPSA) is 94.3 Å². The molecule has 0 fully saturated rings. The van der Waals surface area contributed by atoms with Crippen LogP contribution in [0.5, 0.6) is 0 Å². The van der Waals surface area contributed by atoms with Crippen LogP contribution in [0.15, 0.2) is 48.8 Å². The number of aromatic nitrogens is 1. The molecule has 0 unspecified atom stereocenters. The number of nitrogens with zero attached hydrogens (tertiary/aromatic N) is 1. The largest absolute Gasteiger partial charge is 0.444 e. The van der Waals surface area contributed by atoms with Crippen molar-refractivity contribution in [2.75, 3.05) is 5.32 Å². The first-order valence-corrected chi connectivity index (χ1v) is 5.88. The number of rotatable bonds is 4. The van der Waals surface area contributed by atoms with E-state index < -0.39 is 12.0 Å². The SMILES string of the molecule is NC(=O)c1cncc(NC(=O)OCc2ccccc2)c1. The van der Waals surface area contributed by atoms with Crippen molar-refractivity contribution in [1.29, 1.82) is 0 Å². The number of anilines is 1. The maximum absolute atomic E-state index is 11.6. The summed E-state index contributed by atoms with van der Waals surface area (Å²) >= 11 is 0. The summed E-state index contributed by atoms with van der Waals surface area (Å²) in [6.07, 6.45) is 2.09.